The monoisotopic (exact) mass is 330 g/mol. The van der Waals surface area contributed by atoms with Crippen LogP contribution in [-0.2, 0) is 11.3 Å². The Morgan fingerprint density at radius 1 is 1.38 bits per heavy atom. The Bertz CT molecular complexity index is 379. The summed E-state index contributed by atoms with van der Waals surface area (Å²) in [6, 6.07) is 11.0. The maximum Gasteiger partial charge on any atom is 0.249 e. The Balaban J connectivity index is 2.11. The molecule has 0 N–H and O–H groups in total. The molecule has 0 bridgehead atoms. The van der Waals surface area contributed by atoms with E-state index in [-0.39, 0.29) is 0 Å². The van der Waals surface area contributed by atoms with E-state index in [0.717, 1.165) is 28.6 Å². The molecule has 86 valence electrons. The molecule has 0 radical (unpaired) electrons. The van der Waals surface area contributed by atoms with Gasteiger partial charge in [-0.25, -0.2) is 0 Å². The molecule has 3 heteroatoms. The fourth-order valence-corrected chi connectivity index (χ4v) is 3.08. The quantitative estimate of drug-likeness (QED) is 0.602. The molecule has 2 nitrogen and oxygen atoms in total. The van der Waals surface area contributed by atoms with E-state index in [0.29, 0.717) is 11.8 Å². The molecular weight excluding hydrogens is 313 g/mol. The first-order valence-electron chi connectivity index (χ1n) is 5.72. The van der Waals surface area contributed by atoms with Gasteiger partial charge in [0.15, 0.2) is 0 Å². The normalized spacial score (nSPS) is 30.4. The highest BCUT2D eigenvalue weighted by atomic mass is 127. The van der Waals surface area contributed by atoms with Gasteiger partial charge in [-0.2, -0.15) is 0 Å². The molecule has 1 heterocycles. The smallest absolute Gasteiger partial charge is 0.249 e. The van der Waals surface area contributed by atoms with Crippen molar-refractivity contribution in [1.82, 2.24) is 0 Å². The highest BCUT2D eigenvalue weighted by Crippen LogP contribution is 2.32. The van der Waals surface area contributed by atoms with Crippen molar-refractivity contribution in [2.24, 2.45) is 0 Å². The highest BCUT2D eigenvalue weighted by Gasteiger charge is 2.38. The molecule has 0 saturated carbocycles. The number of nitrogens with zero attached hydrogens (tertiary/aromatic N) is 1. The molecule has 0 aromatic heterocycles. The van der Waals surface area contributed by atoms with Crippen LogP contribution >= 0.6 is 22.9 Å². The van der Waals surface area contributed by atoms with Crippen LogP contribution in [0.5, 0.6) is 0 Å². The number of carbonyl (C=O) groups is 1. The molecular formula is C13H17INO+. The van der Waals surface area contributed by atoms with E-state index in [1.54, 1.807) is 0 Å². The van der Waals surface area contributed by atoms with Gasteiger partial charge in [0.05, 0.1) is 19.4 Å². The van der Waals surface area contributed by atoms with Gasteiger partial charge < -0.3 is 0 Å². The van der Waals surface area contributed by atoms with Crippen LogP contribution in [0.1, 0.15) is 25.3 Å². The number of rotatable bonds is 2. The molecule has 0 aliphatic carbocycles. The topological polar surface area (TPSA) is 17.1 Å². The number of ketones is 1. The summed E-state index contributed by atoms with van der Waals surface area (Å²) in [5.74, 6) is 0.422. The third kappa shape index (κ3) is 2.63. The first-order chi connectivity index (χ1) is 7.60. The third-order valence-corrected chi connectivity index (χ3v) is 5.14. The van der Waals surface area contributed by atoms with Gasteiger partial charge in [0.25, 0.3) is 0 Å². The summed E-state index contributed by atoms with van der Waals surface area (Å²) in [7, 11) is 0. The Hall–Kier alpha value is -0.420. The van der Waals surface area contributed by atoms with Gasteiger partial charge in [0, 0.05) is 5.56 Å². The van der Waals surface area contributed by atoms with Crippen LogP contribution < -0.4 is 0 Å². The van der Waals surface area contributed by atoms with Gasteiger partial charge in [-0.1, -0.05) is 30.3 Å². The van der Waals surface area contributed by atoms with E-state index in [9.17, 15) is 4.79 Å². The molecule has 1 aliphatic rings. The zero-order valence-electron chi connectivity index (χ0n) is 9.53. The number of carbonyl (C=O) groups excluding carboxylic acids is 1. The first kappa shape index (κ1) is 12.0. The number of hydrogen-bond acceptors (Lipinski definition) is 1. The van der Waals surface area contributed by atoms with Crippen molar-refractivity contribution in [2.45, 2.75) is 32.4 Å². The standard InChI is InChI=1S/C13H17INO/c1-11-9-13(16)7-8-15(11,14)10-12-5-3-2-4-6-12/h2-6,11H,7-10H2,1H3/q+1. The van der Waals surface area contributed by atoms with Crippen LogP contribution in [0.25, 0.3) is 0 Å². The number of hydrogen-bond donors (Lipinski definition) is 0. The Kier molecular flexibility index (Phi) is 3.64. The van der Waals surface area contributed by atoms with Crippen molar-refractivity contribution in [2.75, 3.05) is 6.54 Å². The van der Waals surface area contributed by atoms with Gasteiger partial charge in [0.2, 0.25) is 22.9 Å². The summed E-state index contributed by atoms with van der Waals surface area (Å²) in [6.07, 6.45) is 1.47. The van der Waals surface area contributed by atoms with Crippen molar-refractivity contribution in [3.8, 4) is 0 Å². The second-order valence-electron chi connectivity index (χ2n) is 4.63. The number of Topliss-reactive ketones (excluding diaryl/α,β-unsaturated/α-hetero) is 1. The zero-order chi connectivity index (χ0) is 11.6. The van der Waals surface area contributed by atoms with Crippen LogP contribution in [0, 0.1) is 0 Å². The molecule has 2 atom stereocenters. The lowest BCUT2D eigenvalue weighted by Crippen LogP contribution is -2.50. The summed E-state index contributed by atoms with van der Waals surface area (Å²) in [4.78, 5) is 11.4. The largest absolute Gasteiger partial charge is 0.299 e. The molecule has 1 fully saturated rings. The number of halogens is 1. The van der Waals surface area contributed by atoms with Crippen molar-refractivity contribution in [1.29, 1.82) is 0 Å². The molecule has 0 spiro atoms. The highest BCUT2D eigenvalue weighted by molar-refractivity contribution is 14.1. The van der Waals surface area contributed by atoms with E-state index in [1.807, 2.05) is 6.07 Å². The number of likely N-dealkylation sites (tertiary alicyclic amines) is 1. The molecule has 1 aliphatic heterocycles. The van der Waals surface area contributed by atoms with Gasteiger partial charge in [-0.15, -0.1) is 0 Å². The van der Waals surface area contributed by atoms with Gasteiger partial charge in [-0.05, 0) is 6.92 Å². The first-order valence-corrected chi connectivity index (χ1v) is 6.69. The average Bonchev–Trinajstić information content (AvgIpc) is 2.26. The molecule has 16 heavy (non-hydrogen) atoms. The van der Waals surface area contributed by atoms with Crippen LogP contribution in [0.4, 0.5) is 0 Å². The van der Waals surface area contributed by atoms with Crippen LogP contribution in [0.3, 0.4) is 0 Å². The van der Waals surface area contributed by atoms with Crippen molar-refractivity contribution >= 4 is 28.6 Å². The Morgan fingerprint density at radius 2 is 2.06 bits per heavy atom. The molecule has 2 unspecified atom stereocenters. The van der Waals surface area contributed by atoms with Crippen LogP contribution in [0.15, 0.2) is 30.3 Å². The molecule has 0 amide bonds. The lowest BCUT2D eigenvalue weighted by molar-refractivity contribution is -0.795. The Labute approximate surface area is 111 Å². The second-order valence-corrected chi connectivity index (χ2v) is 6.56. The zero-order valence-corrected chi connectivity index (χ0v) is 11.7. The van der Waals surface area contributed by atoms with Crippen LogP contribution in [-0.4, -0.2) is 21.1 Å². The SMILES string of the molecule is CC1CC(=O)CC[N+]1(I)Cc1ccccc1. The van der Waals surface area contributed by atoms with Gasteiger partial charge in [-0.3, -0.25) is 7.49 Å². The summed E-state index contributed by atoms with van der Waals surface area (Å²) in [5.41, 5.74) is 1.36. The fourth-order valence-electron chi connectivity index (χ4n) is 2.25. The summed E-state index contributed by atoms with van der Waals surface area (Å²) < 4.78 is 0.966. The molecule has 1 aromatic carbocycles. The minimum absolute atomic E-state index is 0.422. The van der Waals surface area contributed by atoms with Crippen molar-refractivity contribution in [3.05, 3.63) is 35.9 Å². The number of piperidine rings is 1. The van der Waals surface area contributed by atoms with Gasteiger partial charge in [0.1, 0.15) is 18.4 Å². The van der Waals surface area contributed by atoms with E-state index >= 15 is 0 Å². The lowest BCUT2D eigenvalue weighted by Gasteiger charge is -2.39. The predicted octanol–water partition coefficient (Wildman–Crippen LogP) is 3.10. The van der Waals surface area contributed by atoms with Crippen LogP contribution in [0.2, 0.25) is 0 Å². The van der Waals surface area contributed by atoms with Crippen molar-refractivity contribution in [3.63, 3.8) is 0 Å². The van der Waals surface area contributed by atoms with Crippen molar-refractivity contribution < 1.29 is 7.49 Å². The maximum absolute atomic E-state index is 11.4. The summed E-state index contributed by atoms with van der Waals surface area (Å²) in [6.45, 7) is 4.18. The maximum atomic E-state index is 11.4. The molecule has 2 rings (SSSR count). The number of quaternary nitrogens is 1. The van der Waals surface area contributed by atoms with E-state index in [4.69, 9.17) is 0 Å². The fraction of sp³-hybridized carbons (Fsp3) is 0.462. The third-order valence-electron chi connectivity index (χ3n) is 3.36. The van der Waals surface area contributed by atoms with Gasteiger partial charge >= 0.3 is 0 Å². The minimum atomic E-state index is 0.422. The minimum Gasteiger partial charge on any atom is -0.299 e. The molecule has 1 saturated heterocycles. The second kappa shape index (κ2) is 4.84. The summed E-state index contributed by atoms with van der Waals surface area (Å²) >= 11 is 2.51. The number of benzene rings is 1. The van der Waals surface area contributed by atoms with E-state index in [2.05, 4.69) is 54.1 Å². The average molecular weight is 330 g/mol. The lowest BCUT2D eigenvalue weighted by atomic mass is 10.0. The van der Waals surface area contributed by atoms with E-state index in [1.165, 1.54) is 5.56 Å². The Morgan fingerprint density at radius 3 is 2.69 bits per heavy atom. The molecule has 1 aromatic rings. The summed E-state index contributed by atoms with van der Waals surface area (Å²) in [5, 5.41) is 0. The predicted molar refractivity (Wildman–Crippen MR) is 73.0 cm³/mol. The van der Waals surface area contributed by atoms with E-state index < -0.39 is 0 Å².